The highest BCUT2D eigenvalue weighted by atomic mass is 16.5. The minimum Gasteiger partial charge on any atom is -0.481 e. The van der Waals surface area contributed by atoms with Crippen LogP contribution in [0.25, 0.3) is 0 Å². The second-order valence-electron chi connectivity index (χ2n) is 3.95. The molecule has 1 rings (SSSR count). The summed E-state index contributed by atoms with van der Waals surface area (Å²) in [4.78, 5) is 21.6. The van der Waals surface area contributed by atoms with Gasteiger partial charge in [-0.3, -0.25) is 4.79 Å². The van der Waals surface area contributed by atoms with Gasteiger partial charge in [0.1, 0.15) is 6.61 Å². The average molecular weight is 263 g/mol. The maximum absolute atomic E-state index is 11.2. The van der Waals surface area contributed by atoms with Gasteiger partial charge in [0.2, 0.25) is 0 Å². The van der Waals surface area contributed by atoms with Crippen LogP contribution in [0.3, 0.4) is 0 Å². The Labute approximate surface area is 111 Å². The fourth-order valence-electron chi connectivity index (χ4n) is 1.43. The molecule has 0 bridgehead atoms. The number of ether oxygens (including phenoxy) is 1. The third-order valence-electron chi connectivity index (χ3n) is 2.42. The van der Waals surface area contributed by atoms with E-state index in [0.717, 1.165) is 11.1 Å². The molecule has 0 fully saturated rings. The molecular formula is C14H17NO4. The van der Waals surface area contributed by atoms with E-state index in [9.17, 15) is 9.59 Å². The summed E-state index contributed by atoms with van der Waals surface area (Å²) < 4.78 is 4.77. The van der Waals surface area contributed by atoms with Crippen LogP contribution in [-0.4, -0.2) is 23.8 Å². The van der Waals surface area contributed by atoms with Crippen LogP contribution in [0.5, 0.6) is 0 Å². The Hall–Kier alpha value is -2.30. The molecule has 5 nitrogen and oxygen atoms in total. The monoisotopic (exact) mass is 263 g/mol. The zero-order valence-corrected chi connectivity index (χ0v) is 10.6. The van der Waals surface area contributed by atoms with Gasteiger partial charge >= 0.3 is 12.1 Å². The van der Waals surface area contributed by atoms with E-state index in [1.165, 1.54) is 6.08 Å². The average Bonchev–Trinajstić information content (AvgIpc) is 2.41. The molecule has 0 aliphatic carbocycles. The Balaban J connectivity index is 2.37. The number of carbonyl (C=O) groups is 2. The lowest BCUT2D eigenvalue weighted by Crippen LogP contribution is -2.23. The summed E-state index contributed by atoms with van der Waals surface area (Å²) in [6, 6.07) is 7.42. The number of alkyl carbamates (subject to hydrolysis) is 1. The Bertz CT molecular complexity index is 439. The summed E-state index contributed by atoms with van der Waals surface area (Å²) in [5, 5.41) is 11.2. The molecule has 102 valence electrons. The molecule has 0 aliphatic rings. The third-order valence-corrected chi connectivity index (χ3v) is 2.42. The van der Waals surface area contributed by atoms with Gasteiger partial charge in [0.05, 0.1) is 0 Å². The van der Waals surface area contributed by atoms with Crippen molar-refractivity contribution in [2.45, 2.75) is 19.4 Å². The van der Waals surface area contributed by atoms with Crippen LogP contribution in [0, 0.1) is 0 Å². The molecule has 0 heterocycles. The van der Waals surface area contributed by atoms with E-state index in [-0.39, 0.29) is 13.0 Å². The first-order valence-electron chi connectivity index (χ1n) is 5.93. The van der Waals surface area contributed by atoms with Gasteiger partial charge in [-0.15, -0.1) is 0 Å². The Kier molecular flexibility index (Phi) is 6.15. The summed E-state index contributed by atoms with van der Waals surface area (Å²) in [5.74, 6) is -0.810. The van der Waals surface area contributed by atoms with Crippen LogP contribution in [0.4, 0.5) is 4.79 Å². The summed E-state index contributed by atoms with van der Waals surface area (Å²) in [6.45, 7) is 3.99. The standard InChI is InChI=1S/C14H17NO4/c1-2-9-19-14(18)15-10-12-5-3-11(4-6-12)7-8-13(16)17/h2-6H,1,7-10H2,(H,15,18)(H,16,17). The van der Waals surface area contributed by atoms with Crippen molar-refractivity contribution in [1.82, 2.24) is 5.32 Å². The highest BCUT2D eigenvalue weighted by Crippen LogP contribution is 2.06. The van der Waals surface area contributed by atoms with Crippen molar-refractivity contribution in [2.75, 3.05) is 6.61 Å². The molecule has 0 aliphatic heterocycles. The molecular weight excluding hydrogens is 246 g/mol. The van der Waals surface area contributed by atoms with Crippen LogP contribution in [0.1, 0.15) is 17.5 Å². The number of aliphatic carboxylic acids is 1. The number of amides is 1. The smallest absolute Gasteiger partial charge is 0.407 e. The Morgan fingerprint density at radius 1 is 1.26 bits per heavy atom. The van der Waals surface area contributed by atoms with Gasteiger partial charge in [0, 0.05) is 13.0 Å². The molecule has 19 heavy (non-hydrogen) atoms. The maximum Gasteiger partial charge on any atom is 0.407 e. The highest BCUT2D eigenvalue weighted by molar-refractivity contribution is 5.67. The van der Waals surface area contributed by atoms with Gasteiger partial charge in [-0.05, 0) is 17.5 Å². The van der Waals surface area contributed by atoms with Gasteiger partial charge in [-0.25, -0.2) is 4.79 Å². The zero-order valence-electron chi connectivity index (χ0n) is 10.6. The number of hydrogen-bond donors (Lipinski definition) is 2. The topological polar surface area (TPSA) is 75.6 Å². The highest BCUT2D eigenvalue weighted by Gasteiger charge is 2.02. The van der Waals surface area contributed by atoms with Crippen LogP contribution in [-0.2, 0) is 22.5 Å². The largest absolute Gasteiger partial charge is 0.481 e. The van der Waals surface area contributed by atoms with Crippen LogP contribution in [0.2, 0.25) is 0 Å². The molecule has 0 unspecified atom stereocenters. The number of benzene rings is 1. The maximum atomic E-state index is 11.2. The van der Waals surface area contributed by atoms with Crippen molar-refractivity contribution < 1.29 is 19.4 Å². The Morgan fingerprint density at radius 2 is 1.89 bits per heavy atom. The van der Waals surface area contributed by atoms with Crippen molar-refractivity contribution in [3.8, 4) is 0 Å². The van der Waals surface area contributed by atoms with E-state index in [2.05, 4.69) is 11.9 Å². The molecule has 0 atom stereocenters. The predicted molar refractivity (Wildman–Crippen MR) is 70.8 cm³/mol. The first kappa shape index (κ1) is 14.8. The molecule has 0 saturated carbocycles. The van der Waals surface area contributed by atoms with Crippen LogP contribution >= 0.6 is 0 Å². The van der Waals surface area contributed by atoms with Crippen molar-refractivity contribution in [3.63, 3.8) is 0 Å². The van der Waals surface area contributed by atoms with Crippen molar-refractivity contribution in [3.05, 3.63) is 48.0 Å². The van der Waals surface area contributed by atoms with E-state index in [1.807, 2.05) is 24.3 Å². The number of rotatable bonds is 7. The van der Waals surface area contributed by atoms with Gasteiger partial charge in [-0.1, -0.05) is 36.9 Å². The first-order chi connectivity index (χ1) is 9.11. The van der Waals surface area contributed by atoms with Gasteiger partial charge < -0.3 is 15.2 Å². The molecule has 1 aromatic carbocycles. The third kappa shape index (κ3) is 6.26. The van der Waals surface area contributed by atoms with E-state index in [4.69, 9.17) is 9.84 Å². The lowest BCUT2D eigenvalue weighted by molar-refractivity contribution is -0.136. The molecule has 1 amide bonds. The van der Waals surface area contributed by atoms with E-state index >= 15 is 0 Å². The lowest BCUT2D eigenvalue weighted by Gasteiger charge is -2.06. The van der Waals surface area contributed by atoms with Crippen molar-refractivity contribution in [2.24, 2.45) is 0 Å². The predicted octanol–water partition coefficient (Wildman–Crippen LogP) is 2.12. The van der Waals surface area contributed by atoms with Crippen molar-refractivity contribution in [1.29, 1.82) is 0 Å². The van der Waals surface area contributed by atoms with E-state index < -0.39 is 12.1 Å². The van der Waals surface area contributed by atoms with Crippen molar-refractivity contribution >= 4 is 12.1 Å². The normalized spacial score (nSPS) is 9.68. The minimum atomic E-state index is -0.810. The molecule has 0 spiro atoms. The molecule has 0 radical (unpaired) electrons. The number of aryl methyl sites for hydroxylation is 1. The second kappa shape index (κ2) is 7.92. The number of carbonyl (C=O) groups excluding carboxylic acids is 1. The van der Waals surface area contributed by atoms with Crippen LogP contribution in [0.15, 0.2) is 36.9 Å². The molecule has 1 aromatic rings. The molecule has 2 N–H and O–H groups in total. The molecule has 0 aromatic heterocycles. The van der Waals surface area contributed by atoms with Crippen LogP contribution < -0.4 is 5.32 Å². The summed E-state index contributed by atoms with van der Waals surface area (Å²) in [7, 11) is 0. The van der Waals surface area contributed by atoms with E-state index in [0.29, 0.717) is 13.0 Å². The van der Waals surface area contributed by atoms with Gasteiger partial charge in [0.15, 0.2) is 0 Å². The first-order valence-corrected chi connectivity index (χ1v) is 5.93. The summed E-state index contributed by atoms with van der Waals surface area (Å²) >= 11 is 0. The Morgan fingerprint density at radius 3 is 2.47 bits per heavy atom. The zero-order chi connectivity index (χ0) is 14.1. The van der Waals surface area contributed by atoms with Gasteiger partial charge in [-0.2, -0.15) is 0 Å². The second-order valence-corrected chi connectivity index (χ2v) is 3.95. The summed E-state index contributed by atoms with van der Waals surface area (Å²) in [5.41, 5.74) is 1.88. The molecule has 5 heteroatoms. The molecule has 0 saturated heterocycles. The fourth-order valence-corrected chi connectivity index (χ4v) is 1.43. The number of hydrogen-bond acceptors (Lipinski definition) is 3. The number of carboxylic acid groups (broad SMARTS) is 1. The van der Waals surface area contributed by atoms with Gasteiger partial charge in [0.25, 0.3) is 0 Å². The quantitative estimate of drug-likeness (QED) is 0.739. The number of carboxylic acids is 1. The number of nitrogens with one attached hydrogen (secondary N) is 1. The SMILES string of the molecule is C=CCOC(=O)NCc1ccc(CCC(=O)O)cc1. The lowest BCUT2D eigenvalue weighted by atomic mass is 10.1. The fraction of sp³-hybridized carbons (Fsp3) is 0.286. The minimum absolute atomic E-state index is 0.117. The summed E-state index contributed by atoms with van der Waals surface area (Å²) in [6.07, 6.45) is 1.63. The van der Waals surface area contributed by atoms with E-state index in [1.54, 1.807) is 0 Å².